The van der Waals surface area contributed by atoms with Gasteiger partial charge in [0.25, 0.3) is 0 Å². The zero-order chi connectivity index (χ0) is 21.4. The minimum absolute atomic E-state index is 0.0707. The van der Waals surface area contributed by atoms with Crippen molar-refractivity contribution in [2.24, 2.45) is 0 Å². The fourth-order valence-corrected chi connectivity index (χ4v) is 3.89. The molecular weight excluding hydrogens is 389 g/mol. The molecule has 0 fully saturated rings. The van der Waals surface area contributed by atoms with Crippen LogP contribution in [0.4, 0.5) is 0 Å². The van der Waals surface area contributed by atoms with Gasteiger partial charge in [-0.05, 0) is 46.1 Å². The van der Waals surface area contributed by atoms with Gasteiger partial charge in [-0.3, -0.25) is 9.36 Å². The molecule has 7 heteroatoms. The minimum Gasteiger partial charge on any atom is -0.459 e. The third-order valence-corrected chi connectivity index (χ3v) is 5.84. The Morgan fingerprint density at radius 3 is 2.48 bits per heavy atom. The number of carbonyl (C=O) groups excluding carboxylic acids is 1. The van der Waals surface area contributed by atoms with E-state index in [1.807, 2.05) is 12.1 Å². The lowest BCUT2D eigenvalue weighted by Crippen LogP contribution is -2.31. The second-order valence-electron chi connectivity index (χ2n) is 7.97. The Bertz CT molecular complexity index is 807. The standard InChI is InChI=1S/C22H32NO5P/c1-6-8-9-16-10-12-17(13-11-16)18-15-26-20(23-18)14-19(29(25)27-7-2)21(24)28-22(3,4)5/h10-13,15,19,29H,6-9,14H2,1-5H3. The predicted octanol–water partition coefficient (Wildman–Crippen LogP) is 5.45. The Balaban J connectivity index is 2.13. The summed E-state index contributed by atoms with van der Waals surface area (Å²) in [6, 6.07) is 8.22. The second-order valence-corrected chi connectivity index (χ2v) is 9.59. The summed E-state index contributed by atoms with van der Waals surface area (Å²) in [5, 5.41) is 0. The van der Waals surface area contributed by atoms with Gasteiger partial charge in [-0.1, -0.05) is 37.6 Å². The third-order valence-electron chi connectivity index (χ3n) is 4.26. The van der Waals surface area contributed by atoms with Crippen LogP contribution in [0.25, 0.3) is 11.3 Å². The van der Waals surface area contributed by atoms with Crippen LogP contribution in [0.15, 0.2) is 34.9 Å². The van der Waals surface area contributed by atoms with Crippen LogP contribution in [0, 0.1) is 0 Å². The fourth-order valence-electron chi connectivity index (χ4n) is 2.81. The van der Waals surface area contributed by atoms with Gasteiger partial charge in [-0.2, -0.15) is 0 Å². The van der Waals surface area contributed by atoms with E-state index in [9.17, 15) is 9.36 Å². The van der Waals surface area contributed by atoms with E-state index in [1.54, 1.807) is 34.0 Å². The van der Waals surface area contributed by atoms with Gasteiger partial charge in [0.1, 0.15) is 23.2 Å². The van der Waals surface area contributed by atoms with Gasteiger partial charge in [0.2, 0.25) is 8.03 Å². The highest BCUT2D eigenvalue weighted by molar-refractivity contribution is 7.41. The largest absolute Gasteiger partial charge is 0.459 e. The summed E-state index contributed by atoms with van der Waals surface area (Å²) in [6.45, 7) is 9.49. The SMILES string of the molecule is CCCCc1ccc(-c2coc(CC(C(=O)OC(C)(C)C)[PH](=O)OCC)n2)cc1. The first-order valence-electron chi connectivity index (χ1n) is 10.2. The number of rotatable bonds is 10. The lowest BCUT2D eigenvalue weighted by atomic mass is 10.1. The molecule has 1 heterocycles. The average Bonchev–Trinajstić information content (AvgIpc) is 3.12. The van der Waals surface area contributed by atoms with Crippen molar-refractivity contribution in [3.63, 3.8) is 0 Å². The number of ether oxygens (including phenoxy) is 1. The summed E-state index contributed by atoms with van der Waals surface area (Å²) in [6.07, 6.45) is 5.02. The van der Waals surface area contributed by atoms with Gasteiger partial charge < -0.3 is 13.7 Å². The van der Waals surface area contributed by atoms with Gasteiger partial charge >= 0.3 is 5.97 Å². The van der Waals surface area contributed by atoms with E-state index in [0.29, 0.717) is 11.6 Å². The van der Waals surface area contributed by atoms with Crippen LogP contribution in [0.5, 0.6) is 0 Å². The molecule has 0 radical (unpaired) electrons. The number of carbonyl (C=O) groups is 1. The normalized spacial score (nSPS) is 13.8. The minimum atomic E-state index is -2.64. The van der Waals surface area contributed by atoms with Gasteiger partial charge in [0.15, 0.2) is 5.89 Å². The lowest BCUT2D eigenvalue weighted by Gasteiger charge is -2.23. The molecule has 0 bridgehead atoms. The summed E-state index contributed by atoms with van der Waals surface area (Å²) in [4.78, 5) is 17.0. The van der Waals surface area contributed by atoms with Crippen molar-refractivity contribution in [1.82, 2.24) is 4.98 Å². The summed E-state index contributed by atoms with van der Waals surface area (Å²) in [5.41, 5.74) is 1.31. The molecular formula is C22H32NO5P. The van der Waals surface area contributed by atoms with Crippen molar-refractivity contribution < 1.29 is 23.0 Å². The Labute approximate surface area is 173 Å². The molecule has 1 aromatic heterocycles. The highest BCUT2D eigenvalue weighted by atomic mass is 31.1. The maximum Gasteiger partial charge on any atom is 0.319 e. The van der Waals surface area contributed by atoms with E-state index in [-0.39, 0.29) is 13.0 Å². The first kappa shape index (κ1) is 23.4. The number of aryl methyl sites for hydroxylation is 1. The van der Waals surface area contributed by atoms with E-state index in [2.05, 4.69) is 24.0 Å². The molecule has 0 amide bonds. The van der Waals surface area contributed by atoms with Crippen molar-refractivity contribution in [2.45, 2.75) is 71.6 Å². The molecule has 0 aliphatic rings. The van der Waals surface area contributed by atoms with Crippen LogP contribution in [0.2, 0.25) is 0 Å². The van der Waals surface area contributed by atoms with E-state index in [0.717, 1.165) is 18.4 Å². The van der Waals surface area contributed by atoms with Gasteiger partial charge in [-0.25, -0.2) is 4.98 Å². The highest BCUT2D eigenvalue weighted by Crippen LogP contribution is 2.34. The molecule has 2 aromatic rings. The van der Waals surface area contributed by atoms with Crippen LogP contribution in [0.3, 0.4) is 0 Å². The average molecular weight is 421 g/mol. The van der Waals surface area contributed by atoms with Crippen molar-refractivity contribution in [3.8, 4) is 11.3 Å². The van der Waals surface area contributed by atoms with E-state index < -0.39 is 25.3 Å². The molecule has 160 valence electrons. The summed E-state index contributed by atoms with van der Waals surface area (Å²) in [5.74, 6) is -0.223. The second kappa shape index (κ2) is 10.7. The quantitative estimate of drug-likeness (QED) is 0.375. The van der Waals surface area contributed by atoms with Gasteiger partial charge in [0, 0.05) is 12.0 Å². The Hall–Kier alpha value is -1.91. The van der Waals surface area contributed by atoms with Crippen LogP contribution in [0.1, 0.15) is 58.9 Å². The Morgan fingerprint density at radius 2 is 1.90 bits per heavy atom. The molecule has 0 saturated carbocycles. The van der Waals surface area contributed by atoms with Crippen molar-refractivity contribution >= 4 is 14.0 Å². The monoisotopic (exact) mass is 421 g/mol. The molecule has 2 atom stereocenters. The number of unbranched alkanes of at least 4 members (excludes halogenated alkanes) is 1. The van der Waals surface area contributed by atoms with Crippen LogP contribution >= 0.6 is 8.03 Å². The van der Waals surface area contributed by atoms with E-state index in [1.165, 1.54) is 12.0 Å². The molecule has 0 N–H and O–H groups in total. The van der Waals surface area contributed by atoms with Crippen molar-refractivity contribution in [1.29, 1.82) is 0 Å². The Morgan fingerprint density at radius 1 is 1.21 bits per heavy atom. The van der Waals surface area contributed by atoms with Crippen LogP contribution in [-0.2, 0) is 31.5 Å². The molecule has 2 unspecified atom stereocenters. The number of oxazole rings is 1. The molecule has 0 aliphatic heterocycles. The summed E-state index contributed by atoms with van der Waals surface area (Å²) >= 11 is 0. The van der Waals surface area contributed by atoms with E-state index in [4.69, 9.17) is 13.7 Å². The van der Waals surface area contributed by atoms with Gasteiger partial charge in [-0.15, -0.1) is 0 Å². The number of hydrogen-bond acceptors (Lipinski definition) is 6. The topological polar surface area (TPSA) is 78.6 Å². The number of benzene rings is 1. The molecule has 0 spiro atoms. The molecule has 1 aromatic carbocycles. The molecule has 0 aliphatic carbocycles. The summed E-state index contributed by atoms with van der Waals surface area (Å²) in [7, 11) is -2.64. The molecule has 29 heavy (non-hydrogen) atoms. The lowest BCUT2D eigenvalue weighted by molar-refractivity contribution is -0.154. The molecule has 6 nitrogen and oxygen atoms in total. The zero-order valence-electron chi connectivity index (χ0n) is 18.0. The third kappa shape index (κ3) is 7.45. The van der Waals surface area contributed by atoms with Crippen LogP contribution < -0.4 is 0 Å². The summed E-state index contributed by atoms with van der Waals surface area (Å²) < 4.78 is 28.7. The molecule has 0 saturated heterocycles. The first-order valence-corrected chi connectivity index (χ1v) is 11.6. The number of nitrogens with zero attached hydrogens (tertiary/aromatic N) is 1. The van der Waals surface area contributed by atoms with E-state index >= 15 is 0 Å². The molecule has 2 rings (SSSR count). The number of hydrogen-bond donors (Lipinski definition) is 0. The highest BCUT2D eigenvalue weighted by Gasteiger charge is 2.32. The number of esters is 1. The Kier molecular flexibility index (Phi) is 8.66. The maximum atomic E-state index is 12.5. The van der Waals surface area contributed by atoms with Crippen LogP contribution in [-0.4, -0.2) is 28.8 Å². The maximum absolute atomic E-state index is 12.5. The van der Waals surface area contributed by atoms with Crippen molar-refractivity contribution in [3.05, 3.63) is 42.0 Å². The van der Waals surface area contributed by atoms with Gasteiger partial charge in [0.05, 0.1) is 6.61 Å². The predicted molar refractivity (Wildman–Crippen MR) is 115 cm³/mol. The number of aromatic nitrogens is 1. The zero-order valence-corrected chi connectivity index (χ0v) is 19.0. The van der Waals surface area contributed by atoms with Crippen molar-refractivity contribution in [2.75, 3.05) is 6.61 Å². The fraction of sp³-hybridized carbons (Fsp3) is 0.545. The first-order chi connectivity index (χ1) is 13.7. The smallest absolute Gasteiger partial charge is 0.319 e.